The lowest BCUT2D eigenvalue weighted by molar-refractivity contribution is -0.160. The van der Waals surface area contributed by atoms with Gasteiger partial charge >= 0.3 is 5.97 Å². The van der Waals surface area contributed by atoms with Crippen LogP contribution in [0.25, 0.3) is 11.5 Å². The molecule has 1 N–H and O–H groups in total. The van der Waals surface area contributed by atoms with Crippen molar-refractivity contribution in [1.29, 1.82) is 0 Å². The van der Waals surface area contributed by atoms with Crippen LogP contribution in [0.1, 0.15) is 43.6 Å². The van der Waals surface area contributed by atoms with Crippen molar-refractivity contribution in [2.24, 2.45) is 0 Å². The Balaban J connectivity index is 1.79. The zero-order chi connectivity index (χ0) is 18.7. The highest BCUT2D eigenvalue weighted by Crippen LogP contribution is 2.34. The number of benzene rings is 1. The van der Waals surface area contributed by atoms with E-state index in [4.69, 9.17) is 4.42 Å². The highest BCUT2D eigenvalue weighted by atomic mass is 16.4. The first kappa shape index (κ1) is 18.2. The predicted octanol–water partition coefficient (Wildman–Crippen LogP) is 3.44. The number of hydrogen-bond acceptors (Lipinski definition) is 4. The number of aliphatic carboxylic acids is 1. The van der Waals surface area contributed by atoms with Crippen LogP contribution in [0.2, 0.25) is 0 Å². The quantitative estimate of drug-likeness (QED) is 0.887. The van der Waals surface area contributed by atoms with Gasteiger partial charge in [0.1, 0.15) is 11.3 Å². The maximum Gasteiger partial charge on any atom is 0.329 e. The standard InChI is InChI=1S/C20H24N2O4/c1-14-16(21-18(26-14)15-9-5-3-6-10-15)13-17(23)22(2)20(19(24)25)11-7-4-8-12-20/h3,5-6,9-10H,4,7-8,11-13H2,1-2H3,(H,24,25). The van der Waals surface area contributed by atoms with Gasteiger partial charge in [-0.05, 0) is 31.9 Å². The van der Waals surface area contributed by atoms with E-state index in [1.165, 1.54) is 4.90 Å². The molecule has 0 aliphatic heterocycles. The minimum Gasteiger partial charge on any atom is -0.479 e. The summed E-state index contributed by atoms with van der Waals surface area (Å²) in [6, 6.07) is 9.49. The second-order valence-corrected chi connectivity index (χ2v) is 6.91. The number of aromatic nitrogens is 1. The first-order valence-electron chi connectivity index (χ1n) is 8.96. The van der Waals surface area contributed by atoms with E-state index in [1.807, 2.05) is 30.3 Å². The Hall–Kier alpha value is -2.63. The van der Waals surface area contributed by atoms with Gasteiger partial charge in [-0.3, -0.25) is 4.79 Å². The maximum absolute atomic E-state index is 12.8. The van der Waals surface area contributed by atoms with E-state index in [2.05, 4.69) is 4.98 Å². The van der Waals surface area contributed by atoms with Crippen LogP contribution >= 0.6 is 0 Å². The summed E-state index contributed by atoms with van der Waals surface area (Å²) in [5, 5.41) is 9.75. The third kappa shape index (κ3) is 3.36. The number of carboxylic acids is 1. The molecule has 26 heavy (non-hydrogen) atoms. The molecule has 0 bridgehead atoms. The van der Waals surface area contributed by atoms with Gasteiger partial charge in [-0.2, -0.15) is 0 Å². The number of carboxylic acid groups (broad SMARTS) is 1. The largest absolute Gasteiger partial charge is 0.479 e. The number of hydrogen-bond donors (Lipinski definition) is 1. The van der Waals surface area contributed by atoms with Gasteiger partial charge in [0, 0.05) is 12.6 Å². The van der Waals surface area contributed by atoms with E-state index in [1.54, 1.807) is 14.0 Å². The molecule has 0 spiro atoms. The molecular weight excluding hydrogens is 332 g/mol. The fourth-order valence-corrected chi connectivity index (χ4v) is 3.63. The Morgan fingerprint density at radius 1 is 1.19 bits per heavy atom. The molecule has 0 atom stereocenters. The van der Waals surface area contributed by atoms with Gasteiger partial charge < -0.3 is 14.4 Å². The average molecular weight is 356 g/mol. The van der Waals surface area contributed by atoms with Gasteiger partial charge in [-0.15, -0.1) is 0 Å². The monoisotopic (exact) mass is 356 g/mol. The fourth-order valence-electron chi connectivity index (χ4n) is 3.63. The summed E-state index contributed by atoms with van der Waals surface area (Å²) in [5.41, 5.74) is 0.295. The van der Waals surface area contributed by atoms with Crippen molar-refractivity contribution in [3.8, 4) is 11.5 Å². The molecule has 1 aromatic carbocycles. The Morgan fingerprint density at radius 2 is 1.85 bits per heavy atom. The number of carbonyl (C=O) groups is 2. The van der Waals surface area contributed by atoms with Gasteiger partial charge in [0.2, 0.25) is 11.8 Å². The summed E-state index contributed by atoms with van der Waals surface area (Å²) in [4.78, 5) is 30.6. The highest BCUT2D eigenvalue weighted by molar-refractivity contribution is 5.88. The first-order valence-corrected chi connectivity index (χ1v) is 8.96. The fraction of sp³-hybridized carbons (Fsp3) is 0.450. The summed E-state index contributed by atoms with van der Waals surface area (Å²) in [7, 11) is 1.59. The molecule has 138 valence electrons. The van der Waals surface area contributed by atoms with Crippen molar-refractivity contribution in [3.05, 3.63) is 41.8 Å². The third-order valence-electron chi connectivity index (χ3n) is 5.33. The smallest absolute Gasteiger partial charge is 0.329 e. The molecule has 0 radical (unpaired) electrons. The highest BCUT2D eigenvalue weighted by Gasteiger charge is 2.45. The molecule has 1 aromatic heterocycles. The van der Waals surface area contributed by atoms with Crippen LogP contribution < -0.4 is 0 Å². The van der Waals surface area contributed by atoms with Crippen LogP contribution in [0, 0.1) is 6.92 Å². The first-order chi connectivity index (χ1) is 12.4. The number of rotatable bonds is 5. The molecule has 1 aliphatic rings. The molecule has 3 rings (SSSR count). The summed E-state index contributed by atoms with van der Waals surface area (Å²) in [6.45, 7) is 1.77. The molecule has 1 amide bonds. The summed E-state index contributed by atoms with van der Waals surface area (Å²) in [6.07, 6.45) is 3.69. The van der Waals surface area contributed by atoms with Crippen LogP contribution in [0.5, 0.6) is 0 Å². The van der Waals surface area contributed by atoms with E-state index >= 15 is 0 Å². The van der Waals surface area contributed by atoms with Gasteiger partial charge in [0.15, 0.2) is 0 Å². The lowest BCUT2D eigenvalue weighted by Gasteiger charge is -2.41. The van der Waals surface area contributed by atoms with Crippen LogP contribution in [0.3, 0.4) is 0 Å². The molecule has 0 saturated heterocycles. The average Bonchev–Trinajstić information content (AvgIpc) is 3.02. The molecule has 0 unspecified atom stereocenters. The molecular formula is C20H24N2O4. The number of oxazole rings is 1. The van der Waals surface area contributed by atoms with E-state index in [0.717, 1.165) is 24.8 Å². The normalized spacial score (nSPS) is 16.2. The third-order valence-corrected chi connectivity index (χ3v) is 5.33. The van der Waals surface area contributed by atoms with Crippen molar-refractivity contribution in [3.63, 3.8) is 0 Å². The van der Waals surface area contributed by atoms with Crippen molar-refractivity contribution < 1.29 is 19.1 Å². The van der Waals surface area contributed by atoms with E-state index in [0.29, 0.717) is 30.2 Å². The second-order valence-electron chi connectivity index (χ2n) is 6.91. The number of likely N-dealkylation sites (N-methyl/N-ethyl adjacent to an activating group) is 1. The zero-order valence-electron chi connectivity index (χ0n) is 15.2. The second kappa shape index (κ2) is 7.32. The SMILES string of the molecule is Cc1oc(-c2ccccc2)nc1CC(=O)N(C)C1(C(=O)O)CCCCC1. The molecule has 1 aliphatic carbocycles. The van der Waals surface area contributed by atoms with E-state index in [9.17, 15) is 14.7 Å². The number of carbonyl (C=O) groups excluding carboxylic acids is 1. The lowest BCUT2D eigenvalue weighted by Crippen LogP contribution is -2.56. The number of nitrogens with zero attached hydrogens (tertiary/aromatic N) is 2. The van der Waals surface area contributed by atoms with Gasteiger partial charge in [-0.1, -0.05) is 37.5 Å². The van der Waals surface area contributed by atoms with Crippen molar-refractivity contribution >= 4 is 11.9 Å². The van der Waals surface area contributed by atoms with Crippen LogP contribution in [0.4, 0.5) is 0 Å². The van der Waals surface area contributed by atoms with Crippen LogP contribution in [-0.2, 0) is 16.0 Å². The topological polar surface area (TPSA) is 83.6 Å². The van der Waals surface area contributed by atoms with Gasteiger partial charge in [0.25, 0.3) is 0 Å². The minimum atomic E-state index is -1.10. The van der Waals surface area contributed by atoms with Crippen LogP contribution in [-0.4, -0.2) is 39.5 Å². The maximum atomic E-state index is 12.8. The van der Waals surface area contributed by atoms with Gasteiger partial charge in [-0.25, -0.2) is 9.78 Å². The Kier molecular flexibility index (Phi) is 5.11. The Bertz CT molecular complexity index is 791. The number of amides is 1. The zero-order valence-corrected chi connectivity index (χ0v) is 15.2. The molecule has 1 fully saturated rings. The van der Waals surface area contributed by atoms with E-state index in [-0.39, 0.29) is 12.3 Å². The molecule has 6 heteroatoms. The predicted molar refractivity (Wildman–Crippen MR) is 96.6 cm³/mol. The van der Waals surface area contributed by atoms with Crippen molar-refractivity contribution in [2.75, 3.05) is 7.05 Å². The van der Waals surface area contributed by atoms with Crippen molar-refractivity contribution in [1.82, 2.24) is 9.88 Å². The summed E-state index contributed by atoms with van der Waals surface area (Å²) in [5.74, 6) is -0.113. The minimum absolute atomic E-state index is 0.0354. The van der Waals surface area contributed by atoms with Crippen molar-refractivity contribution in [2.45, 2.75) is 51.0 Å². The van der Waals surface area contributed by atoms with E-state index < -0.39 is 11.5 Å². The molecule has 1 heterocycles. The van der Waals surface area contributed by atoms with Crippen LogP contribution in [0.15, 0.2) is 34.7 Å². The number of aryl methyl sites for hydroxylation is 1. The molecule has 1 saturated carbocycles. The summed E-state index contributed by atoms with van der Waals surface area (Å²) >= 11 is 0. The lowest BCUT2D eigenvalue weighted by atomic mass is 9.80. The molecule has 6 nitrogen and oxygen atoms in total. The Morgan fingerprint density at radius 3 is 2.46 bits per heavy atom. The Labute approximate surface area is 152 Å². The van der Waals surface area contributed by atoms with Gasteiger partial charge in [0.05, 0.1) is 12.1 Å². The molecule has 2 aromatic rings. The summed E-state index contributed by atoms with van der Waals surface area (Å²) < 4.78 is 5.70.